The van der Waals surface area contributed by atoms with Gasteiger partial charge >= 0.3 is 0 Å². The molecule has 3 rings (SSSR count). The van der Waals surface area contributed by atoms with E-state index in [1.807, 2.05) is 31.2 Å². The molecule has 2 N–H and O–H groups in total. The third kappa shape index (κ3) is 5.04. The number of pyridine rings is 1. The number of hydrogen-bond donors (Lipinski definition) is 2. The molecule has 0 atom stereocenters. The van der Waals surface area contributed by atoms with E-state index in [4.69, 9.17) is 4.74 Å². The summed E-state index contributed by atoms with van der Waals surface area (Å²) in [6.07, 6.45) is 1.59. The van der Waals surface area contributed by atoms with E-state index in [-0.39, 0.29) is 11.7 Å². The molecule has 0 aliphatic heterocycles. The van der Waals surface area contributed by atoms with Crippen LogP contribution < -0.4 is 15.4 Å². The minimum atomic E-state index is -0.305. The molecule has 1 aromatic heterocycles. The van der Waals surface area contributed by atoms with Crippen LogP contribution >= 0.6 is 0 Å². The van der Waals surface area contributed by atoms with Crippen LogP contribution in [0.2, 0.25) is 0 Å². The standard InChI is InChI=1S/C21H20FN3O2/c1-2-27-20-6-4-3-5-18(20)25-17-11-12-19(23-14-17)21(26)24-13-15-7-9-16(22)10-8-15/h3-12,14,25H,2,13H2,1H3,(H,24,26). The fourth-order valence-corrected chi connectivity index (χ4v) is 2.48. The summed E-state index contributed by atoms with van der Waals surface area (Å²) in [6, 6.07) is 17.0. The van der Waals surface area contributed by atoms with Crippen LogP contribution in [0.5, 0.6) is 5.75 Å². The third-order valence-corrected chi connectivity index (χ3v) is 3.83. The van der Waals surface area contributed by atoms with Crippen molar-refractivity contribution in [1.82, 2.24) is 10.3 Å². The second kappa shape index (κ2) is 8.80. The number of anilines is 2. The molecule has 0 saturated heterocycles. The van der Waals surface area contributed by atoms with E-state index in [0.717, 1.165) is 22.7 Å². The van der Waals surface area contributed by atoms with Gasteiger partial charge in [-0.25, -0.2) is 9.37 Å². The number of halogens is 1. The van der Waals surface area contributed by atoms with Gasteiger partial charge in [0.2, 0.25) is 0 Å². The zero-order chi connectivity index (χ0) is 19.1. The molecule has 0 aliphatic carbocycles. The van der Waals surface area contributed by atoms with Crippen LogP contribution in [-0.2, 0) is 6.54 Å². The number of benzene rings is 2. The van der Waals surface area contributed by atoms with Crippen molar-refractivity contribution in [3.8, 4) is 5.75 Å². The molecule has 0 fully saturated rings. The van der Waals surface area contributed by atoms with Crippen molar-refractivity contribution in [3.63, 3.8) is 0 Å². The lowest BCUT2D eigenvalue weighted by Crippen LogP contribution is -2.23. The average molecular weight is 365 g/mol. The van der Waals surface area contributed by atoms with Crippen molar-refractivity contribution in [2.24, 2.45) is 0 Å². The highest BCUT2D eigenvalue weighted by Crippen LogP contribution is 2.27. The molecule has 1 amide bonds. The van der Waals surface area contributed by atoms with Crippen LogP contribution in [0.1, 0.15) is 23.0 Å². The van der Waals surface area contributed by atoms with Gasteiger partial charge in [-0.1, -0.05) is 24.3 Å². The van der Waals surface area contributed by atoms with E-state index in [2.05, 4.69) is 15.6 Å². The van der Waals surface area contributed by atoms with Gasteiger partial charge in [0.25, 0.3) is 5.91 Å². The number of aromatic nitrogens is 1. The van der Waals surface area contributed by atoms with Crippen LogP contribution in [0.25, 0.3) is 0 Å². The van der Waals surface area contributed by atoms with Crippen molar-refractivity contribution in [2.45, 2.75) is 13.5 Å². The van der Waals surface area contributed by atoms with Crippen molar-refractivity contribution < 1.29 is 13.9 Å². The summed E-state index contributed by atoms with van der Waals surface area (Å²) >= 11 is 0. The number of hydrogen-bond acceptors (Lipinski definition) is 4. The van der Waals surface area contributed by atoms with Crippen molar-refractivity contribution in [1.29, 1.82) is 0 Å². The molecule has 27 heavy (non-hydrogen) atoms. The van der Waals surface area contributed by atoms with Crippen LogP contribution in [0, 0.1) is 5.82 Å². The van der Waals surface area contributed by atoms with E-state index in [1.54, 1.807) is 30.5 Å². The molecule has 138 valence electrons. The summed E-state index contributed by atoms with van der Waals surface area (Å²) in [4.78, 5) is 16.4. The predicted octanol–water partition coefficient (Wildman–Crippen LogP) is 4.29. The summed E-state index contributed by atoms with van der Waals surface area (Å²) in [5.41, 5.74) is 2.70. The first-order valence-corrected chi connectivity index (χ1v) is 8.63. The monoisotopic (exact) mass is 365 g/mol. The lowest BCUT2D eigenvalue weighted by Gasteiger charge is -2.12. The normalized spacial score (nSPS) is 10.3. The predicted molar refractivity (Wildman–Crippen MR) is 103 cm³/mol. The number of ether oxygens (including phenoxy) is 1. The van der Waals surface area contributed by atoms with Crippen LogP contribution in [-0.4, -0.2) is 17.5 Å². The Bertz CT molecular complexity index is 896. The Morgan fingerprint density at radius 3 is 2.56 bits per heavy atom. The van der Waals surface area contributed by atoms with Gasteiger partial charge in [0, 0.05) is 6.54 Å². The number of carbonyl (C=O) groups is 1. The SMILES string of the molecule is CCOc1ccccc1Nc1ccc(C(=O)NCc2ccc(F)cc2)nc1. The Morgan fingerprint density at radius 2 is 1.85 bits per heavy atom. The quantitative estimate of drug-likeness (QED) is 0.655. The van der Waals surface area contributed by atoms with E-state index in [9.17, 15) is 9.18 Å². The Hall–Kier alpha value is -3.41. The summed E-state index contributed by atoms with van der Waals surface area (Å²) in [5, 5.41) is 6.00. The summed E-state index contributed by atoms with van der Waals surface area (Å²) in [5.74, 6) is 0.155. The second-order valence-electron chi connectivity index (χ2n) is 5.80. The molecule has 0 radical (unpaired) electrons. The average Bonchev–Trinajstić information content (AvgIpc) is 2.69. The van der Waals surface area contributed by atoms with Gasteiger partial charge in [0.15, 0.2) is 0 Å². The Balaban J connectivity index is 1.61. The van der Waals surface area contributed by atoms with E-state index in [0.29, 0.717) is 18.8 Å². The van der Waals surface area contributed by atoms with Gasteiger partial charge in [-0.15, -0.1) is 0 Å². The molecule has 6 heteroatoms. The van der Waals surface area contributed by atoms with Gasteiger partial charge in [0.05, 0.1) is 24.2 Å². The number of rotatable bonds is 7. The minimum absolute atomic E-state index is 0.291. The first kappa shape index (κ1) is 18.4. The Labute approximate surface area is 157 Å². The summed E-state index contributed by atoms with van der Waals surface area (Å²) in [6.45, 7) is 2.81. The second-order valence-corrected chi connectivity index (χ2v) is 5.80. The molecule has 0 bridgehead atoms. The first-order valence-electron chi connectivity index (χ1n) is 8.63. The molecule has 2 aromatic carbocycles. The molecular formula is C21H20FN3O2. The number of nitrogens with zero attached hydrogens (tertiary/aromatic N) is 1. The van der Waals surface area contributed by atoms with Gasteiger partial charge < -0.3 is 15.4 Å². The minimum Gasteiger partial charge on any atom is -0.492 e. The van der Waals surface area contributed by atoms with Crippen molar-refractivity contribution >= 4 is 17.3 Å². The van der Waals surface area contributed by atoms with Crippen LogP contribution in [0.15, 0.2) is 66.9 Å². The molecule has 0 aliphatic rings. The molecule has 0 saturated carbocycles. The van der Waals surface area contributed by atoms with Crippen molar-refractivity contribution in [3.05, 3.63) is 83.9 Å². The number of amides is 1. The Morgan fingerprint density at radius 1 is 1.07 bits per heavy atom. The van der Waals surface area contributed by atoms with E-state index < -0.39 is 0 Å². The topological polar surface area (TPSA) is 63.2 Å². The summed E-state index contributed by atoms with van der Waals surface area (Å²) in [7, 11) is 0. The van der Waals surface area contributed by atoms with Gasteiger partial charge in [-0.05, 0) is 48.9 Å². The summed E-state index contributed by atoms with van der Waals surface area (Å²) < 4.78 is 18.5. The molecule has 1 heterocycles. The fourth-order valence-electron chi connectivity index (χ4n) is 2.48. The molecule has 0 unspecified atom stereocenters. The van der Waals surface area contributed by atoms with Gasteiger partial charge in [-0.3, -0.25) is 4.79 Å². The highest BCUT2D eigenvalue weighted by molar-refractivity contribution is 5.92. The van der Waals surface area contributed by atoms with Crippen LogP contribution in [0.3, 0.4) is 0 Å². The van der Waals surface area contributed by atoms with Gasteiger partial charge in [-0.2, -0.15) is 0 Å². The highest BCUT2D eigenvalue weighted by Gasteiger charge is 2.08. The lowest BCUT2D eigenvalue weighted by atomic mass is 10.2. The van der Waals surface area contributed by atoms with E-state index in [1.165, 1.54) is 12.1 Å². The first-order chi connectivity index (χ1) is 13.2. The maximum Gasteiger partial charge on any atom is 0.270 e. The number of para-hydroxylation sites is 2. The van der Waals surface area contributed by atoms with E-state index >= 15 is 0 Å². The zero-order valence-electron chi connectivity index (χ0n) is 14.9. The smallest absolute Gasteiger partial charge is 0.270 e. The van der Waals surface area contributed by atoms with Gasteiger partial charge in [0.1, 0.15) is 17.3 Å². The maximum absolute atomic E-state index is 12.9. The highest BCUT2D eigenvalue weighted by atomic mass is 19.1. The molecule has 5 nitrogen and oxygen atoms in total. The fraction of sp³-hybridized carbons (Fsp3) is 0.143. The molecular weight excluding hydrogens is 345 g/mol. The zero-order valence-corrected chi connectivity index (χ0v) is 14.9. The molecule has 0 spiro atoms. The largest absolute Gasteiger partial charge is 0.492 e. The lowest BCUT2D eigenvalue weighted by molar-refractivity contribution is 0.0946. The van der Waals surface area contributed by atoms with Crippen LogP contribution in [0.4, 0.5) is 15.8 Å². The molecule has 3 aromatic rings. The van der Waals surface area contributed by atoms with Crippen molar-refractivity contribution in [2.75, 3.05) is 11.9 Å². The third-order valence-electron chi connectivity index (χ3n) is 3.83. The maximum atomic E-state index is 12.9. The number of nitrogens with one attached hydrogen (secondary N) is 2. The number of carbonyl (C=O) groups excluding carboxylic acids is 1. The Kier molecular flexibility index (Phi) is 5.99.